The number of carboxylic acids is 1. The summed E-state index contributed by atoms with van der Waals surface area (Å²) in [4.78, 5) is 11.0. The number of rotatable bonds is 7. The summed E-state index contributed by atoms with van der Waals surface area (Å²) < 4.78 is 31.2. The molecule has 6 nitrogen and oxygen atoms in total. The topological polar surface area (TPSA) is 92.7 Å². The Bertz CT molecular complexity index is 362. The summed E-state index contributed by atoms with van der Waals surface area (Å²) in [6.45, 7) is 0.212. The molecule has 1 aliphatic carbocycles. The maximum Gasteiger partial charge on any atom is 0.321 e. The lowest BCUT2D eigenvalue weighted by Crippen LogP contribution is -2.46. The summed E-state index contributed by atoms with van der Waals surface area (Å²) in [7, 11) is -2.09. The van der Waals surface area contributed by atoms with Crippen molar-refractivity contribution in [3.05, 3.63) is 0 Å². The maximum atomic E-state index is 12.0. The number of ether oxygens (including phenoxy) is 1. The molecule has 1 unspecified atom stereocenters. The van der Waals surface area contributed by atoms with Crippen LogP contribution in [0.3, 0.4) is 0 Å². The van der Waals surface area contributed by atoms with Gasteiger partial charge in [0.15, 0.2) is 0 Å². The zero-order valence-electron chi connectivity index (χ0n) is 10.6. The van der Waals surface area contributed by atoms with Crippen LogP contribution in [0.25, 0.3) is 0 Å². The number of sulfonamides is 1. The molecule has 0 spiro atoms. The van der Waals surface area contributed by atoms with E-state index in [9.17, 15) is 13.2 Å². The summed E-state index contributed by atoms with van der Waals surface area (Å²) in [5.74, 6) is -1.16. The third-order valence-electron chi connectivity index (χ3n) is 3.21. The van der Waals surface area contributed by atoms with Crippen molar-refractivity contribution in [2.45, 2.75) is 49.8 Å². The quantitative estimate of drug-likeness (QED) is 0.716. The molecule has 0 saturated heterocycles. The highest BCUT2D eigenvalue weighted by Crippen LogP contribution is 2.23. The van der Waals surface area contributed by atoms with Crippen molar-refractivity contribution in [2.75, 3.05) is 13.7 Å². The Morgan fingerprint density at radius 1 is 1.39 bits per heavy atom. The van der Waals surface area contributed by atoms with Crippen LogP contribution in [0, 0.1) is 0 Å². The Morgan fingerprint density at radius 3 is 2.50 bits per heavy atom. The van der Waals surface area contributed by atoms with Crippen LogP contribution in [0.1, 0.15) is 38.5 Å². The molecule has 2 N–H and O–H groups in total. The molecule has 0 bridgehead atoms. The van der Waals surface area contributed by atoms with E-state index in [0.717, 1.165) is 19.3 Å². The third-order valence-corrected chi connectivity index (χ3v) is 5.17. The molecule has 7 heteroatoms. The highest BCUT2D eigenvalue weighted by atomic mass is 32.2. The Labute approximate surface area is 108 Å². The Morgan fingerprint density at radius 2 is 2.00 bits per heavy atom. The molecule has 1 rings (SSSR count). The van der Waals surface area contributed by atoms with E-state index in [2.05, 4.69) is 4.72 Å². The SMILES string of the molecule is COCCC(NS(=O)(=O)C1CCCCC1)C(=O)O. The summed E-state index contributed by atoms with van der Waals surface area (Å²) >= 11 is 0. The molecule has 18 heavy (non-hydrogen) atoms. The summed E-state index contributed by atoms with van der Waals surface area (Å²) in [5, 5.41) is 8.53. The molecule has 0 heterocycles. The minimum Gasteiger partial charge on any atom is -0.480 e. The fourth-order valence-electron chi connectivity index (χ4n) is 2.14. The number of methoxy groups -OCH3 is 1. The van der Waals surface area contributed by atoms with Crippen molar-refractivity contribution in [3.8, 4) is 0 Å². The van der Waals surface area contributed by atoms with Crippen LogP contribution in [0.5, 0.6) is 0 Å². The van der Waals surface area contributed by atoms with Gasteiger partial charge in [-0.2, -0.15) is 0 Å². The number of hydrogen-bond acceptors (Lipinski definition) is 4. The number of aliphatic carboxylic acids is 1. The molecule has 0 amide bonds. The van der Waals surface area contributed by atoms with Crippen molar-refractivity contribution in [3.63, 3.8) is 0 Å². The van der Waals surface area contributed by atoms with Gasteiger partial charge in [-0.15, -0.1) is 0 Å². The molecular formula is C11H21NO5S. The van der Waals surface area contributed by atoms with E-state index < -0.39 is 27.3 Å². The van der Waals surface area contributed by atoms with E-state index in [1.807, 2.05) is 0 Å². The van der Waals surface area contributed by atoms with Crippen molar-refractivity contribution in [1.82, 2.24) is 4.72 Å². The van der Waals surface area contributed by atoms with Crippen molar-refractivity contribution in [2.24, 2.45) is 0 Å². The lowest BCUT2D eigenvalue weighted by Gasteiger charge is -2.24. The molecular weight excluding hydrogens is 258 g/mol. The standard InChI is InChI=1S/C11H21NO5S/c1-17-8-7-10(11(13)14)12-18(15,16)9-5-3-2-4-6-9/h9-10,12H,2-8H2,1H3,(H,13,14). The van der Waals surface area contributed by atoms with Gasteiger partial charge >= 0.3 is 5.97 Å². The zero-order valence-corrected chi connectivity index (χ0v) is 11.4. The van der Waals surface area contributed by atoms with Crippen LogP contribution in [0.15, 0.2) is 0 Å². The van der Waals surface area contributed by atoms with Gasteiger partial charge in [0, 0.05) is 13.7 Å². The van der Waals surface area contributed by atoms with Crippen molar-refractivity contribution in [1.29, 1.82) is 0 Å². The minimum absolute atomic E-state index is 0.137. The van der Waals surface area contributed by atoms with Crippen LogP contribution in [-0.2, 0) is 19.6 Å². The van der Waals surface area contributed by atoms with E-state index in [4.69, 9.17) is 9.84 Å². The van der Waals surface area contributed by atoms with E-state index in [0.29, 0.717) is 12.8 Å². The zero-order chi connectivity index (χ0) is 13.6. The normalized spacial score (nSPS) is 19.6. The average molecular weight is 279 g/mol. The van der Waals surface area contributed by atoms with Crippen LogP contribution < -0.4 is 4.72 Å². The van der Waals surface area contributed by atoms with Crippen molar-refractivity contribution >= 4 is 16.0 Å². The molecule has 1 fully saturated rings. The molecule has 1 saturated carbocycles. The molecule has 1 aliphatic rings. The highest BCUT2D eigenvalue weighted by Gasteiger charge is 2.31. The monoisotopic (exact) mass is 279 g/mol. The summed E-state index contributed by atoms with van der Waals surface area (Å²) in [6, 6.07) is -1.10. The first-order chi connectivity index (χ1) is 8.47. The smallest absolute Gasteiger partial charge is 0.321 e. The Hall–Kier alpha value is -0.660. The van der Waals surface area contributed by atoms with Crippen LogP contribution in [-0.4, -0.2) is 44.5 Å². The predicted molar refractivity (Wildman–Crippen MR) is 66.8 cm³/mol. The summed E-state index contributed by atoms with van der Waals surface area (Å²) in [5.41, 5.74) is 0. The molecule has 0 aromatic carbocycles. The van der Waals surface area contributed by atoms with E-state index in [1.54, 1.807) is 0 Å². The number of carboxylic acid groups (broad SMARTS) is 1. The molecule has 0 aromatic rings. The Balaban J connectivity index is 2.62. The van der Waals surface area contributed by atoms with Gasteiger partial charge in [-0.05, 0) is 19.3 Å². The van der Waals surface area contributed by atoms with Gasteiger partial charge < -0.3 is 9.84 Å². The Kier molecular flexibility index (Phi) is 6.04. The fraction of sp³-hybridized carbons (Fsp3) is 0.909. The first-order valence-corrected chi connectivity index (χ1v) is 7.75. The van der Waals surface area contributed by atoms with Gasteiger partial charge in [0.2, 0.25) is 10.0 Å². The molecule has 1 atom stereocenters. The molecule has 0 aliphatic heterocycles. The fourth-order valence-corrected chi connectivity index (χ4v) is 3.90. The van der Waals surface area contributed by atoms with Crippen molar-refractivity contribution < 1.29 is 23.1 Å². The first-order valence-electron chi connectivity index (χ1n) is 6.20. The van der Waals surface area contributed by atoms with Gasteiger partial charge in [-0.3, -0.25) is 4.79 Å². The first kappa shape index (κ1) is 15.4. The lowest BCUT2D eigenvalue weighted by molar-refractivity contribution is -0.139. The second-order valence-electron chi connectivity index (χ2n) is 4.60. The summed E-state index contributed by atoms with van der Waals surface area (Å²) in [6.07, 6.45) is 4.20. The number of carbonyl (C=O) groups is 1. The van der Waals surface area contributed by atoms with Crippen LogP contribution >= 0.6 is 0 Å². The van der Waals surface area contributed by atoms with Gasteiger partial charge in [0.1, 0.15) is 6.04 Å². The largest absolute Gasteiger partial charge is 0.480 e. The van der Waals surface area contributed by atoms with Crippen LogP contribution in [0.2, 0.25) is 0 Å². The predicted octanol–water partition coefficient (Wildman–Crippen LogP) is 0.728. The minimum atomic E-state index is -3.54. The molecule has 106 valence electrons. The van der Waals surface area contributed by atoms with Gasteiger partial charge in [-0.25, -0.2) is 13.1 Å². The third kappa shape index (κ3) is 4.55. The average Bonchev–Trinajstić information content (AvgIpc) is 2.35. The van der Waals surface area contributed by atoms with E-state index >= 15 is 0 Å². The van der Waals surface area contributed by atoms with Gasteiger partial charge in [0.25, 0.3) is 0 Å². The lowest BCUT2D eigenvalue weighted by atomic mass is 10.0. The van der Waals surface area contributed by atoms with E-state index in [-0.39, 0.29) is 13.0 Å². The maximum absolute atomic E-state index is 12.0. The molecule has 0 aromatic heterocycles. The van der Waals surface area contributed by atoms with Gasteiger partial charge in [-0.1, -0.05) is 19.3 Å². The number of hydrogen-bond donors (Lipinski definition) is 2. The van der Waals surface area contributed by atoms with Gasteiger partial charge in [0.05, 0.1) is 5.25 Å². The second-order valence-corrected chi connectivity index (χ2v) is 6.59. The number of nitrogens with one attached hydrogen (secondary N) is 1. The van der Waals surface area contributed by atoms with Crippen LogP contribution in [0.4, 0.5) is 0 Å². The second kappa shape index (κ2) is 7.06. The molecule has 0 radical (unpaired) electrons. The highest BCUT2D eigenvalue weighted by molar-refractivity contribution is 7.90. The van der Waals surface area contributed by atoms with E-state index in [1.165, 1.54) is 7.11 Å².